The zero-order valence-electron chi connectivity index (χ0n) is 12.4. The van der Waals surface area contributed by atoms with Gasteiger partial charge in [0, 0.05) is 22.0 Å². The summed E-state index contributed by atoms with van der Waals surface area (Å²) >= 11 is 7.19. The molecular formula is C18H12ClFN2OS. The van der Waals surface area contributed by atoms with Crippen LogP contribution < -0.4 is 5.32 Å². The Labute approximate surface area is 147 Å². The molecule has 1 heterocycles. The van der Waals surface area contributed by atoms with Crippen molar-refractivity contribution in [3.63, 3.8) is 0 Å². The molecule has 120 valence electrons. The number of rotatable bonds is 4. The van der Waals surface area contributed by atoms with Crippen LogP contribution in [0, 0.1) is 5.82 Å². The first-order valence-corrected chi connectivity index (χ1v) is 8.32. The molecule has 0 aliphatic heterocycles. The van der Waals surface area contributed by atoms with Crippen molar-refractivity contribution in [1.29, 1.82) is 0 Å². The number of aromatic nitrogens is 1. The first-order valence-electron chi connectivity index (χ1n) is 7.06. The second-order valence-corrected chi connectivity index (χ2v) is 6.22. The zero-order chi connectivity index (χ0) is 16.9. The topological polar surface area (TPSA) is 42.0 Å². The van der Waals surface area contributed by atoms with E-state index in [0.717, 1.165) is 11.3 Å². The number of nitrogens with zero attached hydrogens (tertiary/aromatic N) is 1. The summed E-state index contributed by atoms with van der Waals surface area (Å²) in [5.74, 6) is -0.665. The van der Waals surface area contributed by atoms with Crippen LogP contribution in [0.25, 0.3) is 17.3 Å². The average molecular weight is 359 g/mol. The minimum absolute atomic E-state index is 0.323. The Morgan fingerprint density at radius 1 is 1.21 bits per heavy atom. The molecule has 1 amide bonds. The van der Waals surface area contributed by atoms with Crippen molar-refractivity contribution < 1.29 is 9.18 Å². The summed E-state index contributed by atoms with van der Waals surface area (Å²) in [6.45, 7) is 0. The molecule has 3 aromatic rings. The number of hydrogen-bond donors (Lipinski definition) is 1. The third kappa shape index (κ3) is 4.28. The molecule has 2 aromatic carbocycles. The van der Waals surface area contributed by atoms with Crippen LogP contribution in [0.3, 0.4) is 0 Å². The highest BCUT2D eigenvalue weighted by atomic mass is 35.5. The number of amides is 1. The fraction of sp³-hybridized carbons (Fsp3) is 0. The molecule has 24 heavy (non-hydrogen) atoms. The van der Waals surface area contributed by atoms with Gasteiger partial charge in [-0.3, -0.25) is 10.1 Å². The minimum atomic E-state index is -0.343. The average Bonchev–Trinajstić information content (AvgIpc) is 3.02. The van der Waals surface area contributed by atoms with E-state index in [9.17, 15) is 9.18 Å². The van der Waals surface area contributed by atoms with Crippen LogP contribution in [0.1, 0.15) is 5.56 Å². The van der Waals surface area contributed by atoms with E-state index in [1.54, 1.807) is 30.3 Å². The van der Waals surface area contributed by atoms with Gasteiger partial charge in [0.2, 0.25) is 5.91 Å². The summed E-state index contributed by atoms with van der Waals surface area (Å²) in [6.07, 6.45) is 2.89. The van der Waals surface area contributed by atoms with Crippen molar-refractivity contribution >= 4 is 40.1 Å². The second kappa shape index (κ2) is 7.38. The molecule has 3 nitrogen and oxygen atoms in total. The van der Waals surface area contributed by atoms with E-state index >= 15 is 0 Å². The van der Waals surface area contributed by atoms with E-state index < -0.39 is 0 Å². The largest absolute Gasteiger partial charge is 0.298 e. The molecule has 0 radical (unpaired) electrons. The smallest absolute Gasteiger partial charge is 0.250 e. The van der Waals surface area contributed by atoms with Crippen LogP contribution in [0.5, 0.6) is 0 Å². The van der Waals surface area contributed by atoms with E-state index in [4.69, 9.17) is 11.6 Å². The number of carbonyl (C=O) groups is 1. The van der Waals surface area contributed by atoms with Crippen molar-refractivity contribution in [3.8, 4) is 11.3 Å². The van der Waals surface area contributed by atoms with Crippen molar-refractivity contribution in [3.05, 3.63) is 76.4 Å². The standard InChI is InChI=1S/C18H12ClFN2OS/c19-14-7-5-13(6-8-14)16-11-24-18(21-16)22-17(23)9-4-12-2-1-3-15(20)10-12/h1-11H,(H,21,22,23)/b9-4+. The van der Waals surface area contributed by atoms with Gasteiger partial charge in [0.1, 0.15) is 5.82 Å². The van der Waals surface area contributed by atoms with Crippen LogP contribution in [-0.2, 0) is 4.79 Å². The van der Waals surface area contributed by atoms with Crippen LogP contribution in [0.4, 0.5) is 9.52 Å². The Kier molecular flexibility index (Phi) is 5.03. The quantitative estimate of drug-likeness (QED) is 0.647. The summed E-state index contributed by atoms with van der Waals surface area (Å²) in [5, 5.41) is 5.70. The Balaban J connectivity index is 1.66. The van der Waals surface area contributed by atoms with E-state index in [-0.39, 0.29) is 11.7 Å². The van der Waals surface area contributed by atoms with Crippen molar-refractivity contribution in [2.24, 2.45) is 0 Å². The van der Waals surface area contributed by atoms with Crippen LogP contribution >= 0.6 is 22.9 Å². The van der Waals surface area contributed by atoms with E-state index in [1.807, 2.05) is 17.5 Å². The molecule has 6 heteroatoms. The van der Waals surface area contributed by atoms with Crippen molar-refractivity contribution in [2.45, 2.75) is 0 Å². The van der Waals surface area contributed by atoms with Crippen LogP contribution in [0.15, 0.2) is 60.0 Å². The molecule has 0 saturated carbocycles. The van der Waals surface area contributed by atoms with Crippen LogP contribution in [-0.4, -0.2) is 10.9 Å². The zero-order valence-corrected chi connectivity index (χ0v) is 13.9. The molecule has 0 aliphatic rings. The van der Waals surface area contributed by atoms with Gasteiger partial charge < -0.3 is 0 Å². The number of carbonyl (C=O) groups excluding carboxylic acids is 1. The first-order chi connectivity index (χ1) is 11.6. The maximum atomic E-state index is 13.1. The monoisotopic (exact) mass is 358 g/mol. The predicted octanol–water partition coefficient (Wildman–Crippen LogP) is 5.25. The Morgan fingerprint density at radius 3 is 2.75 bits per heavy atom. The molecule has 0 spiro atoms. The lowest BCUT2D eigenvalue weighted by Gasteiger charge is -1.98. The molecule has 0 fully saturated rings. The van der Waals surface area contributed by atoms with Crippen molar-refractivity contribution in [1.82, 2.24) is 4.98 Å². The lowest BCUT2D eigenvalue weighted by atomic mass is 10.2. The van der Waals surface area contributed by atoms with Gasteiger partial charge in [0.15, 0.2) is 5.13 Å². The molecule has 0 saturated heterocycles. The van der Waals surface area contributed by atoms with E-state index in [1.165, 1.54) is 29.5 Å². The Morgan fingerprint density at radius 2 is 2.00 bits per heavy atom. The van der Waals surface area contributed by atoms with E-state index in [2.05, 4.69) is 10.3 Å². The Hall–Kier alpha value is -2.50. The fourth-order valence-electron chi connectivity index (χ4n) is 2.01. The molecule has 0 bridgehead atoms. The lowest BCUT2D eigenvalue weighted by molar-refractivity contribution is -0.111. The Bertz CT molecular complexity index is 890. The molecule has 0 atom stereocenters. The number of benzene rings is 2. The summed E-state index contributed by atoms with van der Waals surface area (Å²) < 4.78 is 13.1. The third-order valence-corrected chi connectivity index (χ3v) is 4.16. The number of anilines is 1. The van der Waals surface area contributed by atoms with Crippen molar-refractivity contribution in [2.75, 3.05) is 5.32 Å². The summed E-state index contributed by atoms with van der Waals surface area (Å²) in [7, 11) is 0. The normalized spacial score (nSPS) is 10.9. The van der Waals surface area contributed by atoms with Gasteiger partial charge in [0.25, 0.3) is 0 Å². The van der Waals surface area contributed by atoms with E-state index in [0.29, 0.717) is 15.7 Å². The molecule has 1 N–H and O–H groups in total. The van der Waals surface area contributed by atoms with Gasteiger partial charge in [-0.2, -0.15) is 0 Å². The molecular weight excluding hydrogens is 347 g/mol. The molecule has 1 aromatic heterocycles. The van der Waals surface area contributed by atoms with Crippen LogP contribution in [0.2, 0.25) is 5.02 Å². The highest BCUT2D eigenvalue weighted by Crippen LogP contribution is 2.25. The second-order valence-electron chi connectivity index (χ2n) is 4.92. The summed E-state index contributed by atoms with van der Waals surface area (Å²) in [4.78, 5) is 16.3. The maximum Gasteiger partial charge on any atom is 0.250 e. The van der Waals surface area contributed by atoms with Gasteiger partial charge in [-0.25, -0.2) is 9.37 Å². The summed E-state index contributed by atoms with van der Waals surface area (Å²) in [5.41, 5.74) is 2.30. The first kappa shape index (κ1) is 16.4. The van der Waals surface area contributed by atoms with Gasteiger partial charge in [-0.15, -0.1) is 11.3 Å². The number of hydrogen-bond acceptors (Lipinski definition) is 3. The fourth-order valence-corrected chi connectivity index (χ4v) is 2.86. The highest BCUT2D eigenvalue weighted by molar-refractivity contribution is 7.14. The maximum absolute atomic E-state index is 13.1. The molecule has 0 unspecified atom stereocenters. The van der Waals surface area contributed by atoms with Gasteiger partial charge in [0.05, 0.1) is 5.69 Å². The minimum Gasteiger partial charge on any atom is -0.298 e. The van der Waals surface area contributed by atoms with Gasteiger partial charge in [-0.1, -0.05) is 35.9 Å². The molecule has 0 aliphatic carbocycles. The number of thiazole rings is 1. The third-order valence-electron chi connectivity index (χ3n) is 3.15. The summed E-state index contributed by atoms with van der Waals surface area (Å²) in [6, 6.07) is 13.3. The van der Waals surface area contributed by atoms with Gasteiger partial charge >= 0.3 is 0 Å². The SMILES string of the molecule is O=C(/C=C/c1cccc(F)c1)Nc1nc(-c2ccc(Cl)cc2)cs1. The number of halogens is 2. The lowest BCUT2D eigenvalue weighted by Crippen LogP contribution is -2.07. The van der Waals surface area contributed by atoms with Gasteiger partial charge in [-0.05, 0) is 35.9 Å². The molecule has 3 rings (SSSR count). The highest BCUT2D eigenvalue weighted by Gasteiger charge is 2.06. The number of nitrogens with one attached hydrogen (secondary N) is 1. The predicted molar refractivity (Wildman–Crippen MR) is 96.6 cm³/mol.